The van der Waals surface area contributed by atoms with Gasteiger partial charge < -0.3 is 33.1 Å². The first-order valence-corrected chi connectivity index (χ1v) is 16.8. The van der Waals surface area contributed by atoms with Crippen molar-refractivity contribution in [3.05, 3.63) is 23.0 Å². The van der Waals surface area contributed by atoms with E-state index in [0.717, 1.165) is 18.2 Å². The molecule has 10 nitrogen and oxygen atoms in total. The van der Waals surface area contributed by atoms with Crippen LogP contribution >= 0.6 is 31.0 Å². The van der Waals surface area contributed by atoms with Gasteiger partial charge in [-0.1, -0.05) is 24.4 Å². The molecule has 0 amide bonds. The molecule has 0 aromatic carbocycles. The van der Waals surface area contributed by atoms with Crippen LogP contribution in [0, 0.1) is 11.3 Å². The Balaban J connectivity index is 1.42. The maximum Gasteiger partial charge on any atom is 0.340 e. The Morgan fingerprint density at radius 1 is 1.26 bits per heavy atom. The van der Waals surface area contributed by atoms with E-state index in [4.69, 9.17) is 34.9 Å². The third kappa shape index (κ3) is 6.00. The molecule has 1 aliphatic carbocycles. The summed E-state index contributed by atoms with van der Waals surface area (Å²) < 4.78 is 44.8. The zero-order valence-electron chi connectivity index (χ0n) is 22.7. The van der Waals surface area contributed by atoms with Crippen LogP contribution in [-0.2, 0) is 27.8 Å². The molecule has 2 aromatic heterocycles. The highest BCUT2D eigenvalue weighted by Gasteiger charge is 2.56. The standard InChI is InChI=1S/C26H36ClN4O6PS/c1-5-33-38(32,34-6-2)15-39-14-19-21-22(37-26(3,4)36-21)25(35-19)31-12-11-17-20(29-16-9-7-8-10-16)18(13-28)23(27)30-24(17)31/h11-12,16,19,21-22,25H,5-10,14-15H2,1-4H3,(H,29,30)/t19-,21-,22-,25-/m1/s1. The molecule has 1 N–H and O–H groups in total. The summed E-state index contributed by atoms with van der Waals surface area (Å²) in [5.74, 6) is -0.273. The fraction of sp³-hybridized carbons (Fsp3) is 0.692. The fourth-order valence-corrected chi connectivity index (χ4v) is 9.16. The molecule has 0 unspecified atom stereocenters. The van der Waals surface area contributed by atoms with Gasteiger partial charge >= 0.3 is 7.60 Å². The van der Waals surface area contributed by atoms with E-state index < -0.39 is 25.7 Å². The molecule has 39 heavy (non-hydrogen) atoms. The van der Waals surface area contributed by atoms with Crippen LogP contribution in [0.3, 0.4) is 0 Å². The maximum atomic E-state index is 12.9. The number of ether oxygens (including phenoxy) is 3. The molecule has 3 fully saturated rings. The number of rotatable bonds is 11. The Bertz CT molecular complexity index is 1270. The number of halogens is 1. The first-order valence-electron chi connectivity index (χ1n) is 13.5. The second kappa shape index (κ2) is 11.9. The molecule has 2 saturated heterocycles. The summed E-state index contributed by atoms with van der Waals surface area (Å²) in [6.45, 7) is 8.00. The van der Waals surface area contributed by atoms with E-state index in [1.165, 1.54) is 24.6 Å². The molecule has 5 rings (SSSR count). The van der Waals surface area contributed by atoms with Crippen LogP contribution in [0.2, 0.25) is 5.15 Å². The number of pyridine rings is 1. The zero-order chi connectivity index (χ0) is 27.8. The molecule has 214 valence electrons. The SMILES string of the molecule is CCOP(=O)(CSC[C@H]1O[C@@H](n2ccc3c(NC4CCCC4)c(C#N)c(Cl)nc32)[C@@H]2OC(C)(C)O[C@@H]21)OCC. The van der Waals surface area contributed by atoms with Crippen LogP contribution in [0.15, 0.2) is 12.3 Å². The molecular weight excluding hydrogens is 563 g/mol. The van der Waals surface area contributed by atoms with Crippen molar-refractivity contribution in [2.75, 3.05) is 29.8 Å². The summed E-state index contributed by atoms with van der Waals surface area (Å²) in [4.78, 5) is 4.61. The third-order valence-corrected chi connectivity index (χ3v) is 11.4. The van der Waals surface area contributed by atoms with E-state index in [1.807, 2.05) is 30.7 Å². The van der Waals surface area contributed by atoms with Gasteiger partial charge in [0.25, 0.3) is 0 Å². The maximum absolute atomic E-state index is 12.9. The normalized spacial score (nSPS) is 26.8. The van der Waals surface area contributed by atoms with Gasteiger partial charge in [0.15, 0.2) is 17.2 Å². The largest absolute Gasteiger partial charge is 0.381 e. The van der Waals surface area contributed by atoms with Crippen molar-refractivity contribution < 1.29 is 27.8 Å². The van der Waals surface area contributed by atoms with E-state index in [9.17, 15) is 9.83 Å². The molecule has 2 aliphatic heterocycles. The Morgan fingerprint density at radius 2 is 1.95 bits per heavy atom. The van der Waals surface area contributed by atoms with Crippen molar-refractivity contribution in [3.63, 3.8) is 0 Å². The molecule has 0 spiro atoms. The van der Waals surface area contributed by atoms with Crippen LogP contribution in [-0.4, -0.2) is 64.2 Å². The number of thioether (sulfide) groups is 1. The first-order chi connectivity index (χ1) is 18.7. The predicted molar refractivity (Wildman–Crippen MR) is 151 cm³/mol. The van der Waals surface area contributed by atoms with Crippen molar-refractivity contribution in [2.24, 2.45) is 0 Å². The van der Waals surface area contributed by atoms with Gasteiger partial charge in [-0.25, -0.2) is 4.98 Å². The topological polar surface area (TPSA) is 117 Å². The summed E-state index contributed by atoms with van der Waals surface area (Å²) in [7, 11) is -3.19. The van der Waals surface area contributed by atoms with Gasteiger partial charge in [0.05, 0.1) is 30.5 Å². The second-order valence-electron chi connectivity index (χ2n) is 10.4. The molecule has 13 heteroatoms. The third-order valence-electron chi connectivity index (χ3n) is 7.21. The van der Waals surface area contributed by atoms with Gasteiger partial charge in [-0.3, -0.25) is 4.57 Å². The van der Waals surface area contributed by atoms with Crippen molar-refractivity contribution in [1.82, 2.24) is 9.55 Å². The van der Waals surface area contributed by atoms with Crippen molar-refractivity contribution in [1.29, 1.82) is 5.26 Å². The Kier molecular flexibility index (Phi) is 8.87. The van der Waals surface area contributed by atoms with Crippen LogP contribution < -0.4 is 5.32 Å². The number of hydrogen-bond donors (Lipinski definition) is 1. The smallest absolute Gasteiger partial charge is 0.340 e. The number of nitrogens with zero attached hydrogens (tertiary/aromatic N) is 3. The minimum atomic E-state index is -3.19. The van der Waals surface area contributed by atoms with Crippen LogP contribution in [0.25, 0.3) is 11.0 Å². The number of fused-ring (bicyclic) bond motifs is 2. The number of nitriles is 1. The van der Waals surface area contributed by atoms with E-state index >= 15 is 0 Å². The summed E-state index contributed by atoms with van der Waals surface area (Å²) in [6, 6.07) is 4.47. The summed E-state index contributed by atoms with van der Waals surface area (Å²) in [5, 5.41) is 14.4. The minimum absolute atomic E-state index is 0.152. The minimum Gasteiger partial charge on any atom is -0.381 e. The lowest BCUT2D eigenvalue weighted by molar-refractivity contribution is -0.193. The van der Waals surface area contributed by atoms with Crippen molar-refractivity contribution in [2.45, 2.75) is 89.7 Å². The van der Waals surface area contributed by atoms with Crippen molar-refractivity contribution in [3.8, 4) is 6.07 Å². The van der Waals surface area contributed by atoms with Gasteiger partial charge in [0.2, 0.25) is 0 Å². The second-order valence-corrected chi connectivity index (χ2v) is 14.3. The average molecular weight is 599 g/mol. The van der Waals surface area contributed by atoms with Crippen LogP contribution in [0.1, 0.15) is 65.2 Å². The van der Waals surface area contributed by atoms with E-state index in [0.29, 0.717) is 41.9 Å². The predicted octanol–water partition coefficient (Wildman–Crippen LogP) is 6.29. The summed E-state index contributed by atoms with van der Waals surface area (Å²) in [6.07, 6.45) is 4.76. The quantitative estimate of drug-likeness (QED) is 0.233. The number of nitrogens with one attached hydrogen (secondary N) is 1. The van der Waals surface area contributed by atoms with Crippen molar-refractivity contribution >= 4 is 47.7 Å². The monoisotopic (exact) mass is 598 g/mol. The highest BCUT2D eigenvalue weighted by Crippen LogP contribution is 2.52. The molecule has 4 atom stereocenters. The molecular formula is C26H36ClN4O6PS. The van der Waals surface area contributed by atoms with Gasteiger partial charge in [0, 0.05) is 23.4 Å². The van der Waals surface area contributed by atoms with E-state index in [2.05, 4.69) is 16.4 Å². The number of anilines is 1. The van der Waals surface area contributed by atoms with E-state index in [1.54, 1.807) is 13.8 Å². The van der Waals surface area contributed by atoms with Crippen LogP contribution in [0.5, 0.6) is 0 Å². The first kappa shape index (κ1) is 29.2. The Labute approximate surface area is 238 Å². The van der Waals surface area contributed by atoms with Crippen LogP contribution in [0.4, 0.5) is 5.69 Å². The average Bonchev–Trinajstić information content (AvgIpc) is 3.65. The van der Waals surface area contributed by atoms with E-state index in [-0.39, 0.29) is 22.9 Å². The fourth-order valence-electron chi connectivity index (χ4n) is 5.67. The summed E-state index contributed by atoms with van der Waals surface area (Å²) >= 11 is 7.99. The lowest BCUT2D eigenvalue weighted by Crippen LogP contribution is -2.31. The molecule has 2 aromatic rings. The van der Waals surface area contributed by atoms with Gasteiger partial charge in [0.1, 0.15) is 29.5 Å². The molecule has 0 radical (unpaired) electrons. The Morgan fingerprint density at radius 3 is 2.62 bits per heavy atom. The zero-order valence-corrected chi connectivity index (χ0v) is 25.2. The number of aromatic nitrogens is 2. The molecule has 1 saturated carbocycles. The highest BCUT2D eigenvalue weighted by molar-refractivity contribution is 8.04. The Hall–Kier alpha value is -1.35. The van der Waals surface area contributed by atoms with Gasteiger partial charge in [-0.2, -0.15) is 5.26 Å². The molecule has 0 bridgehead atoms. The van der Waals surface area contributed by atoms with Gasteiger partial charge in [-0.05, 0) is 46.6 Å². The molecule has 4 heterocycles. The lowest BCUT2D eigenvalue weighted by atomic mass is 10.1. The summed E-state index contributed by atoms with van der Waals surface area (Å²) in [5.41, 5.74) is 1.90. The number of hydrogen-bond acceptors (Lipinski definition) is 10. The highest BCUT2D eigenvalue weighted by atomic mass is 35.5. The lowest BCUT2D eigenvalue weighted by Gasteiger charge is -2.25. The molecule has 3 aliphatic rings. The van der Waals surface area contributed by atoms with Gasteiger partial charge in [-0.15, -0.1) is 11.8 Å².